The molecule has 5 heteroatoms. The Labute approximate surface area is 59.5 Å². The van der Waals surface area contributed by atoms with Crippen LogP contribution in [0.2, 0.25) is 0 Å². The van der Waals surface area contributed by atoms with Gasteiger partial charge in [0.05, 0.1) is 0 Å². The van der Waals surface area contributed by atoms with Gasteiger partial charge in [0.15, 0.2) is 6.10 Å². The summed E-state index contributed by atoms with van der Waals surface area (Å²) in [5.74, 6) is 2.14. The fourth-order valence-corrected chi connectivity index (χ4v) is 1.61. The minimum atomic E-state index is -3.80. The summed E-state index contributed by atoms with van der Waals surface area (Å²) >= 11 is 0. The molecule has 2 unspecified atom stereocenters. The molecular formula is C5H6O4S. The molecule has 56 valence electrons. The van der Waals surface area contributed by atoms with Gasteiger partial charge in [0.25, 0.3) is 0 Å². The van der Waals surface area contributed by atoms with E-state index in [1.165, 1.54) is 6.92 Å². The number of rotatable bonds is 0. The Hall–Kier alpha value is -0.570. The molecule has 0 bridgehead atoms. The summed E-state index contributed by atoms with van der Waals surface area (Å²) in [5.41, 5.74) is 0. The SMILES string of the molecule is C#CC1OS(=O)(=O)OC1C. The van der Waals surface area contributed by atoms with Crippen molar-refractivity contribution in [1.29, 1.82) is 0 Å². The summed E-state index contributed by atoms with van der Waals surface area (Å²) in [4.78, 5) is 0. The van der Waals surface area contributed by atoms with Crippen molar-refractivity contribution >= 4 is 10.4 Å². The van der Waals surface area contributed by atoms with Gasteiger partial charge in [-0.25, -0.2) is 8.37 Å². The third kappa shape index (κ3) is 1.29. The predicted octanol–water partition coefficient (Wildman–Crippen LogP) is -0.332. The number of hydrogen-bond donors (Lipinski definition) is 0. The first-order valence-corrected chi connectivity index (χ1v) is 3.96. The van der Waals surface area contributed by atoms with Crippen LogP contribution in [-0.4, -0.2) is 20.6 Å². The maximum Gasteiger partial charge on any atom is 0.401 e. The van der Waals surface area contributed by atoms with E-state index in [0.717, 1.165) is 0 Å². The van der Waals surface area contributed by atoms with Crippen LogP contribution >= 0.6 is 0 Å². The second kappa shape index (κ2) is 2.23. The molecule has 0 aliphatic carbocycles. The first-order valence-electron chi connectivity index (χ1n) is 2.63. The molecule has 1 rings (SSSR count). The Kier molecular flexibility index (Phi) is 1.68. The lowest BCUT2D eigenvalue weighted by atomic mass is 10.2. The van der Waals surface area contributed by atoms with Gasteiger partial charge in [0.2, 0.25) is 0 Å². The lowest BCUT2D eigenvalue weighted by Gasteiger charge is -1.98. The molecule has 1 aliphatic heterocycles. The standard InChI is InChI=1S/C5H6O4S/c1-3-5-4(2)8-10(6,7)9-5/h1,4-5H,2H3. The first kappa shape index (κ1) is 7.54. The highest BCUT2D eigenvalue weighted by molar-refractivity contribution is 7.82. The highest BCUT2D eigenvalue weighted by atomic mass is 32.3. The third-order valence-corrected chi connectivity index (χ3v) is 2.06. The molecular weight excluding hydrogens is 156 g/mol. The minimum absolute atomic E-state index is 0.574. The Balaban J connectivity index is 2.83. The van der Waals surface area contributed by atoms with Gasteiger partial charge >= 0.3 is 10.4 Å². The zero-order valence-corrected chi connectivity index (χ0v) is 6.09. The van der Waals surface area contributed by atoms with E-state index in [9.17, 15) is 8.42 Å². The van der Waals surface area contributed by atoms with Crippen LogP contribution in [0.25, 0.3) is 0 Å². The van der Waals surface area contributed by atoms with Crippen LogP contribution < -0.4 is 0 Å². The van der Waals surface area contributed by atoms with Crippen molar-refractivity contribution in [3.63, 3.8) is 0 Å². The fraction of sp³-hybridized carbons (Fsp3) is 0.600. The molecule has 10 heavy (non-hydrogen) atoms. The van der Waals surface area contributed by atoms with Crippen molar-refractivity contribution in [3.8, 4) is 12.3 Å². The monoisotopic (exact) mass is 162 g/mol. The molecule has 0 spiro atoms. The maximum atomic E-state index is 10.5. The van der Waals surface area contributed by atoms with Gasteiger partial charge < -0.3 is 0 Å². The zero-order valence-electron chi connectivity index (χ0n) is 5.27. The van der Waals surface area contributed by atoms with Gasteiger partial charge in [0.1, 0.15) is 6.10 Å². The van der Waals surface area contributed by atoms with Crippen molar-refractivity contribution in [1.82, 2.24) is 0 Å². The lowest BCUT2D eigenvalue weighted by molar-refractivity contribution is 0.217. The van der Waals surface area contributed by atoms with E-state index in [1.807, 2.05) is 0 Å². The van der Waals surface area contributed by atoms with Gasteiger partial charge in [-0.1, -0.05) is 5.92 Å². The van der Waals surface area contributed by atoms with Crippen molar-refractivity contribution in [2.45, 2.75) is 19.1 Å². The summed E-state index contributed by atoms with van der Waals surface area (Å²) in [6, 6.07) is 0. The van der Waals surface area contributed by atoms with Gasteiger partial charge in [0, 0.05) is 0 Å². The Morgan fingerprint density at radius 1 is 1.50 bits per heavy atom. The zero-order chi connectivity index (χ0) is 7.78. The Bertz CT molecular complexity index is 260. The Morgan fingerprint density at radius 3 is 2.30 bits per heavy atom. The molecule has 1 saturated heterocycles. The highest BCUT2D eigenvalue weighted by Crippen LogP contribution is 2.18. The van der Waals surface area contributed by atoms with Gasteiger partial charge in [-0.15, -0.1) is 6.42 Å². The van der Waals surface area contributed by atoms with E-state index in [2.05, 4.69) is 14.3 Å². The maximum absolute atomic E-state index is 10.5. The van der Waals surface area contributed by atoms with Crippen molar-refractivity contribution in [2.75, 3.05) is 0 Å². The molecule has 0 N–H and O–H groups in total. The summed E-state index contributed by atoms with van der Waals surface area (Å²) < 4.78 is 29.6. The molecule has 2 atom stereocenters. The van der Waals surface area contributed by atoms with Crippen molar-refractivity contribution in [3.05, 3.63) is 0 Å². The molecule has 1 heterocycles. The van der Waals surface area contributed by atoms with E-state index in [-0.39, 0.29) is 0 Å². The van der Waals surface area contributed by atoms with Crippen LogP contribution in [0.3, 0.4) is 0 Å². The largest absolute Gasteiger partial charge is 0.401 e. The average Bonchev–Trinajstić information content (AvgIpc) is 2.05. The number of hydrogen-bond acceptors (Lipinski definition) is 4. The van der Waals surface area contributed by atoms with E-state index >= 15 is 0 Å². The lowest BCUT2D eigenvalue weighted by Crippen LogP contribution is -2.15. The molecule has 4 nitrogen and oxygen atoms in total. The van der Waals surface area contributed by atoms with E-state index in [4.69, 9.17) is 6.42 Å². The molecule has 0 saturated carbocycles. The summed E-state index contributed by atoms with van der Waals surface area (Å²) in [5, 5.41) is 0. The van der Waals surface area contributed by atoms with Crippen molar-refractivity contribution < 1.29 is 16.8 Å². The summed E-state index contributed by atoms with van der Waals surface area (Å²) in [6.07, 6.45) is 3.58. The molecule has 0 amide bonds. The van der Waals surface area contributed by atoms with Gasteiger partial charge in [-0.3, -0.25) is 0 Å². The van der Waals surface area contributed by atoms with Crippen LogP contribution in [0.5, 0.6) is 0 Å². The van der Waals surface area contributed by atoms with E-state index in [0.29, 0.717) is 0 Å². The summed E-state index contributed by atoms with van der Waals surface area (Å²) in [6.45, 7) is 1.54. The quantitative estimate of drug-likeness (QED) is 0.457. The smallest absolute Gasteiger partial charge is 0.241 e. The number of terminal acetylenes is 1. The van der Waals surface area contributed by atoms with Gasteiger partial charge in [-0.05, 0) is 6.92 Å². The van der Waals surface area contributed by atoms with Crippen molar-refractivity contribution in [2.24, 2.45) is 0 Å². The second-order valence-corrected chi connectivity index (χ2v) is 3.09. The summed E-state index contributed by atoms with van der Waals surface area (Å²) in [7, 11) is -3.80. The van der Waals surface area contributed by atoms with Crippen LogP contribution in [0.1, 0.15) is 6.92 Å². The molecule has 0 radical (unpaired) electrons. The molecule has 1 fully saturated rings. The highest BCUT2D eigenvalue weighted by Gasteiger charge is 2.35. The van der Waals surface area contributed by atoms with Crippen LogP contribution in [0.15, 0.2) is 0 Å². The van der Waals surface area contributed by atoms with E-state index < -0.39 is 22.6 Å². The molecule has 0 aromatic heterocycles. The normalized spacial score (nSPS) is 37.2. The van der Waals surface area contributed by atoms with Gasteiger partial charge in [-0.2, -0.15) is 8.42 Å². The Morgan fingerprint density at radius 2 is 2.10 bits per heavy atom. The van der Waals surface area contributed by atoms with Crippen LogP contribution in [-0.2, 0) is 18.8 Å². The second-order valence-electron chi connectivity index (χ2n) is 1.89. The molecule has 0 aromatic carbocycles. The van der Waals surface area contributed by atoms with Crippen LogP contribution in [0.4, 0.5) is 0 Å². The third-order valence-electron chi connectivity index (χ3n) is 1.08. The first-order chi connectivity index (χ1) is 4.55. The van der Waals surface area contributed by atoms with E-state index in [1.54, 1.807) is 0 Å². The average molecular weight is 162 g/mol. The molecule has 1 aliphatic rings. The van der Waals surface area contributed by atoms with Crippen LogP contribution in [0, 0.1) is 12.3 Å². The topological polar surface area (TPSA) is 52.6 Å². The predicted molar refractivity (Wildman–Crippen MR) is 33.2 cm³/mol. The minimum Gasteiger partial charge on any atom is -0.241 e. The fourth-order valence-electron chi connectivity index (χ4n) is 0.628. The molecule has 0 aromatic rings.